The van der Waals surface area contributed by atoms with Crippen molar-refractivity contribution >= 4 is 34.3 Å². The lowest BCUT2D eigenvalue weighted by Crippen LogP contribution is -2.17. The van der Waals surface area contributed by atoms with Gasteiger partial charge in [-0.1, -0.05) is 42.5 Å². The summed E-state index contributed by atoms with van der Waals surface area (Å²) in [6, 6.07) is 20.6. The predicted molar refractivity (Wildman–Crippen MR) is 150 cm³/mol. The van der Waals surface area contributed by atoms with Gasteiger partial charge in [0.15, 0.2) is 5.69 Å². The van der Waals surface area contributed by atoms with Crippen molar-refractivity contribution in [3.05, 3.63) is 108 Å². The number of hydrogen-bond donors (Lipinski definition) is 3. The van der Waals surface area contributed by atoms with Crippen LogP contribution in [0.2, 0.25) is 0 Å². The number of furan rings is 1. The molecule has 0 unspecified atom stereocenters. The largest absolute Gasteiger partial charge is 0.491 e. The van der Waals surface area contributed by atoms with Crippen LogP contribution in [-0.2, 0) is 17.8 Å². The van der Waals surface area contributed by atoms with Crippen molar-refractivity contribution in [1.82, 2.24) is 9.55 Å². The number of rotatable bonds is 11. The zero-order valence-electron chi connectivity index (χ0n) is 21.8. The Hall–Kier alpha value is -5.09. The summed E-state index contributed by atoms with van der Waals surface area (Å²) in [7, 11) is 1.30. The van der Waals surface area contributed by atoms with Gasteiger partial charge < -0.3 is 34.2 Å². The van der Waals surface area contributed by atoms with Gasteiger partial charge in [0.1, 0.15) is 24.3 Å². The molecule has 1 amide bonds. The summed E-state index contributed by atoms with van der Waals surface area (Å²) in [5.41, 5.74) is 3.88. The van der Waals surface area contributed by atoms with Crippen LogP contribution in [0.15, 0.2) is 89.9 Å². The van der Waals surface area contributed by atoms with Gasteiger partial charge in [0, 0.05) is 18.5 Å². The van der Waals surface area contributed by atoms with Crippen LogP contribution in [0.4, 0.5) is 11.4 Å². The van der Waals surface area contributed by atoms with E-state index in [-0.39, 0.29) is 18.9 Å². The maximum atomic E-state index is 13.1. The number of carbonyl (C=O) groups is 2. The number of methoxy groups -OCH3 is 1. The average molecular weight is 541 g/mol. The summed E-state index contributed by atoms with van der Waals surface area (Å²) in [5, 5.41) is 15.8. The molecule has 5 rings (SSSR count). The number of benzene rings is 2. The Morgan fingerprint density at radius 1 is 1.05 bits per heavy atom. The summed E-state index contributed by atoms with van der Waals surface area (Å²) in [6.45, 7) is 0.955. The Kier molecular flexibility index (Phi) is 8.07. The van der Waals surface area contributed by atoms with E-state index in [1.165, 1.54) is 19.6 Å². The van der Waals surface area contributed by atoms with E-state index in [0.717, 1.165) is 11.1 Å². The number of pyridine rings is 1. The van der Waals surface area contributed by atoms with E-state index < -0.39 is 11.9 Å². The van der Waals surface area contributed by atoms with E-state index in [1.54, 1.807) is 16.8 Å². The second kappa shape index (κ2) is 12.2. The lowest BCUT2D eigenvalue weighted by Gasteiger charge is -2.11. The third-order valence-electron chi connectivity index (χ3n) is 6.24. The first-order valence-corrected chi connectivity index (χ1v) is 12.6. The summed E-state index contributed by atoms with van der Waals surface area (Å²) < 4.78 is 17.4. The first-order chi connectivity index (χ1) is 19.6. The molecular formula is C30H28N4O6. The van der Waals surface area contributed by atoms with E-state index >= 15 is 0 Å². The molecule has 40 heavy (non-hydrogen) atoms. The number of aliphatic hydroxyl groups excluding tert-OH is 1. The lowest BCUT2D eigenvalue weighted by molar-refractivity contribution is 0.0591. The molecule has 0 fully saturated rings. The van der Waals surface area contributed by atoms with Crippen LogP contribution >= 0.6 is 0 Å². The van der Waals surface area contributed by atoms with E-state index in [2.05, 4.69) is 15.6 Å². The lowest BCUT2D eigenvalue weighted by atomic mass is 10.2. The van der Waals surface area contributed by atoms with Crippen molar-refractivity contribution in [2.24, 2.45) is 0 Å². The van der Waals surface area contributed by atoms with Gasteiger partial charge in [0.25, 0.3) is 5.91 Å². The van der Waals surface area contributed by atoms with Crippen LogP contribution < -0.4 is 15.4 Å². The fraction of sp³-hybridized carbons (Fsp3) is 0.167. The number of hydrogen-bond acceptors (Lipinski definition) is 8. The summed E-state index contributed by atoms with van der Waals surface area (Å²) >= 11 is 0. The number of ether oxygens (including phenoxy) is 2. The normalized spacial score (nSPS) is 10.8. The summed E-state index contributed by atoms with van der Waals surface area (Å²) in [4.78, 5) is 30.8. The fourth-order valence-electron chi connectivity index (χ4n) is 4.37. The minimum absolute atomic E-state index is 0.0644. The molecule has 0 radical (unpaired) electrons. The Labute approximate surface area is 230 Å². The van der Waals surface area contributed by atoms with Crippen molar-refractivity contribution in [2.45, 2.75) is 13.1 Å². The van der Waals surface area contributed by atoms with Gasteiger partial charge in [-0.2, -0.15) is 0 Å². The standard InChI is InChI=1S/C30H28N4O6/c1-38-30(37)27-26(33-29(36)22-10-12-39-19-22)25-15-23(31-16-21-8-5-9-24(14-21)40-13-11-35)17-32-28(25)34(27)18-20-6-3-2-4-7-20/h2-10,12,14-15,17,19,31,35H,11,13,16,18H2,1H3,(H,33,36). The van der Waals surface area contributed by atoms with Gasteiger partial charge in [-0.15, -0.1) is 0 Å². The maximum absolute atomic E-state index is 13.1. The number of nitrogens with zero attached hydrogens (tertiary/aromatic N) is 2. The number of nitrogens with one attached hydrogen (secondary N) is 2. The molecule has 0 saturated heterocycles. The molecule has 10 heteroatoms. The molecule has 0 spiro atoms. The highest BCUT2D eigenvalue weighted by Crippen LogP contribution is 2.34. The van der Waals surface area contributed by atoms with Crippen LogP contribution in [0.5, 0.6) is 5.75 Å². The van der Waals surface area contributed by atoms with Crippen molar-refractivity contribution in [3.63, 3.8) is 0 Å². The number of carbonyl (C=O) groups excluding carboxylic acids is 2. The number of fused-ring (bicyclic) bond motifs is 1. The molecule has 3 aromatic heterocycles. The third-order valence-corrected chi connectivity index (χ3v) is 6.24. The van der Waals surface area contributed by atoms with E-state index in [9.17, 15) is 9.59 Å². The first kappa shape index (κ1) is 26.5. The second-order valence-corrected chi connectivity index (χ2v) is 8.92. The zero-order valence-corrected chi connectivity index (χ0v) is 21.8. The Morgan fingerprint density at radius 3 is 2.62 bits per heavy atom. The van der Waals surface area contributed by atoms with Crippen molar-refractivity contribution in [2.75, 3.05) is 31.0 Å². The van der Waals surface area contributed by atoms with Gasteiger partial charge >= 0.3 is 5.97 Å². The molecule has 5 aromatic rings. The highest BCUT2D eigenvalue weighted by atomic mass is 16.5. The zero-order chi connectivity index (χ0) is 27.9. The summed E-state index contributed by atoms with van der Waals surface area (Å²) in [5.74, 6) is -0.381. The molecule has 3 N–H and O–H groups in total. The van der Waals surface area contributed by atoms with Crippen LogP contribution in [0, 0.1) is 0 Å². The van der Waals surface area contributed by atoms with Gasteiger partial charge in [-0.05, 0) is 35.4 Å². The fourth-order valence-corrected chi connectivity index (χ4v) is 4.37. The smallest absolute Gasteiger partial charge is 0.356 e. The highest BCUT2D eigenvalue weighted by molar-refractivity contribution is 6.14. The number of anilines is 2. The van der Waals surface area contributed by atoms with Crippen molar-refractivity contribution in [1.29, 1.82) is 0 Å². The van der Waals surface area contributed by atoms with Gasteiger partial charge in [-0.3, -0.25) is 4.79 Å². The molecule has 0 atom stereocenters. The van der Waals surface area contributed by atoms with Crippen LogP contribution in [0.25, 0.3) is 11.0 Å². The minimum atomic E-state index is -0.606. The Morgan fingerprint density at radius 2 is 1.88 bits per heavy atom. The van der Waals surface area contributed by atoms with E-state index in [0.29, 0.717) is 46.8 Å². The first-order valence-electron chi connectivity index (χ1n) is 12.6. The molecule has 3 heterocycles. The number of amides is 1. The predicted octanol–water partition coefficient (Wildman–Crippen LogP) is 4.70. The Balaban J connectivity index is 1.54. The number of aromatic nitrogens is 2. The maximum Gasteiger partial charge on any atom is 0.356 e. The third kappa shape index (κ3) is 5.82. The number of aliphatic hydroxyl groups is 1. The second-order valence-electron chi connectivity index (χ2n) is 8.92. The van der Waals surface area contributed by atoms with Gasteiger partial charge in [0.2, 0.25) is 0 Å². The average Bonchev–Trinajstić information content (AvgIpc) is 3.63. The number of esters is 1. The molecule has 204 valence electrons. The highest BCUT2D eigenvalue weighted by Gasteiger charge is 2.27. The molecule has 0 bridgehead atoms. The summed E-state index contributed by atoms with van der Waals surface area (Å²) in [6.07, 6.45) is 4.42. The van der Waals surface area contributed by atoms with Crippen LogP contribution in [0.3, 0.4) is 0 Å². The van der Waals surface area contributed by atoms with Crippen molar-refractivity contribution < 1.29 is 28.6 Å². The SMILES string of the molecule is COC(=O)c1c(NC(=O)c2ccoc2)c2cc(NCc3cccc(OCCO)c3)cnc2n1Cc1ccccc1. The van der Waals surface area contributed by atoms with Gasteiger partial charge in [0.05, 0.1) is 43.1 Å². The van der Waals surface area contributed by atoms with Gasteiger partial charge in [-0.25, -0.2) is 9.78 Å². The van der Waals surface area contributed by atoms with Crippen LogP contribution in [-0.4, -0.2) is 46.9 Å². The monoisotopic (exact) mass is 540 g/mol. The molecule has 10 nitrogen and oxygen atoms in total. The topological polar surface area (TPSA) is 128 Å². The quantitative estimate of drug-likeness (QED) is 0.206. The van der Waals surface area contributed by atoms with Crippen LogP contribution in [0.1, 0.15) is 32.0 Å². The van der Waals surface area contributed by atoms with E-state index in [4.69, 9.17) is 19.0 Å². The molecule has 2 aromatic carbocycles. The molecular weight excluding hydrogens is 512 g/mol. The van der Waals surface area contributed by atoms with E-state index in [1.807, 2.05) is 60.7 Å². The molecule has 0 aliphatic rings. The van der Waals surface area contributed by atoms with Crippen molar-refractivity contribution in [3.8, 4) is 5.75 Å². The molecule has 0 aliphatic heterocycles. The Bertz CT molecular complexity index is 1610. The molecule has 0 aliphatic carbocycles. The molecule has 0 saturated carbocycles. The minimum Gasteiger partial charge on any atom is -0.491 e.